The van der Waals surface area contributed by atoms with E-state index in [0.717, 1.165) is 51.4 Å². The first-order valence-corrected chi connectivity index (χ1v) is 14.6. The number of rotatable bonds is 9. The number of amides is 1. The molecular weight excluding hydrogens is 456 g/mol. The molecule has 6 N–H and O–H groups in total. The Kier molecular flexibility index (Phi) is 8.43. The fourth-order valence-electron chi connectivity index (χ4n) is 9.58. The third kappa shape index (κ3) is 5.09. The van der Waals surface area contributed by atoms with Gasteiger partial charge in [-0.2, -0.15) is 0 Å². The van der Waals surface area contributed by atoms with Crippen molar-refractivity contribution in [2.24, 2.45) is 52.1 Å². The molecule has 11 atom stereocenters. The molecule has 0 unspecified atom stereocenters. The number of aliphatic carboxylic acids is 1. The van der Waals surface area contributed by atoms with Crippen molar-refractivity contribution in [2.75, 3.05) is 6.54 Å². The van der Waals surface area contributed by atoms with Crippen LogP contribution in [0.2, 0.25) is 0 Å². The van der Waals surface area contributed by atoms with Gasteiger partial charge in [0.05, 0.1) is 12.2 Å². The number of hydrogen-bond donors (Lipinski definition) is 5. The molecule has 4 aliphatic rings. The Labute approximate surface area is 217 Å². The van der Waals surface area contributed by atoms with Gasteiger partial charge in [0.15, 0.2) is 0 Å². The average Bonchev–Trinajstić information content (AvgIpc) is 3.18. The van der Waals surface area contributed by atoms with E-state index < -0.39 is 12.0 Å². The summed E-state index contributed by atoms with van der Waals surface area (Å²) in [5.41, 5.74) is 5.92. The molecule has 4 fully saturated rings. The van der Waals surface area contributed by atoms with E-state index >= 15 is 0 Å². The lowest BCUT2D eigenvalue weighted by Crippen LogP contribution is -2.58. The third-order valence-corrected chi connectivity index (χ3v) is 11.6. The number of fused-ring (bicyclic) bond motifs is 5. The summed E-state index contributed by atoms with van der Waals surface area (Å²) < 4.78 is 0. The van der Waals surface area contributed by atoms with Crippen LogP contribution in [0.15, 0.2) is 0 Å². The lowest BCUT2D eigenvalue weighted by atomic mass is 9.43. The highest BCUT2D eigenvalue weighted by atomic mass is 16.4. The minimum absolute atomic E-state index is 0.181. The first-order valence-electron chi connectivity index (χ1n) is 14.6. The van der Waals surface area contributed by atoms with Crippen LogP contribution in [0.4, 0.5) is 0 Å². The monoisotopic (exact) mass is 506 g/mol. The second-order valence-corrected chi connectivity index (χ2v) is 13.4. The average molecular weight is 507 g/mol. The summed E-state index contributed by atoms with van der Waals surface area (Å²) in [4.78, 5) is 24.0. The minimum Gasteiger partial charge on any atom is -0.480 e. The molecule has 0 radical (unpaired) electrons. The second-order valence-electron chi connectivity index (χ2n) is 13.4. The van der Waals surface area contributed by atoms with Gasteiger partial charge in [-0.3, -0.25) is 4.79 Å². The van der Waals surface area contributed by atoms with E-state index in [2.05, 4.69) is 26.1 Å². The molecule has 0 bridgehead atoms. The maximum absolute atomic E-state index is 12.6. The maximum atomic E-state index is 12.6. The van der Waals surface area contributed by atoms with Crippen LogP contribution in [0.3, 0.4) is 0 Å². The van der Waals surface area contributed by atoms with E-state index in [4.69, 9.17) is 5.73 Å². The Bertz CT molecular complexity index is 807. The zero-order valence-corrected chi connectivity index (χ0v) is 22.6. The summed E-state index contributed by atoms with van der Waals surface area (Å²) in [5.74, 6) is 1.55. The molecule has 4 saturated carbocycles. The second kappa shape index (κ2) is 10.9. The number of hydrogen-bond acceptors (Lipinski definition) is 5. The van der Waals surface area contributed by atoms with Crippen LogP contribution in [0.1, 0.15) is 97.8 Å². The quantitative estimate of drug-likeness (QED) is 0.324. The van der Waals surface area contributed by atoms with Gasteiger partial charge in [0.2, 0.25) is 5.91 Å². The molecule has 0 aromatic carbocycles. The van der Waals surface area contributed by atoms with Crippen LogP contribution in [0.5, 0.6) is 0 Å². The Hall–Kier alpha value is -1.18. The molecule has 0 spiro atoms. The van der Waals surface area contributed by atoms with Crippen molar-refractivity contribution in [3.63, 3.8) is 0 Å². The fourth-order valence-corrected chi connectivity index (χ4v) is 9.58. The third-order valence-electron chi connectivity index (χ3n) is 11.6. The highest BCUT2D eigenvalue weighted by Gasteiger charge is 2.62. The van der Waals surface area contributed by atoms with E-state index in [9.17, 15) is 24.9 Å². The summed E-state index contributed by atoms with van der Waals surface area (Å²) in [6.07, 6.45) is 9.84. The number of aliphatic hydroxyl groups excluding tert-OH is 2. The molecule has 0 heterocycles. The number of nitrogens with two attached hydrogens (primary N) is 1. The molecule has 4 aliphatic carbocycles. The van der Waals surface area contributed by atoms with E-state index in [1.54, 1.807) is 0 Å². The van der Waals surface area contributed by atoms with Gasteiger partial charge < -0.3 is 26.4 Å². The zero-order chi connectivity index (χ0) is 26.3. The van der Waals surface area contributed by atoms with Crippen LogP contribution in [0, 0.1) is 46.3 Å². The summed E-state index contributed by atoms with van der Waals surface area (Å²) in [5, 5.41) is 33.8. The maximum Gasteiger partial charge on any atom is 0.326 e. The molecule has 0 saturated heterocycles. The highest BCUT2D eigenvalue weighted by Crippen LogP contribution is 2.68. The number of nitrogens with one attached hydrogen (secondary N) is 1. The Morgan fingerprint density at radius 1 is 1.00 bits per heavy atom. The molecule has 36 heavy (non-hydrogen) atoms. The van der Waals surface area contributed by atoms with Crippen molar-refractivity contribution < 1.29 is 24.9 Å². The molecule has 7 nitrogen and oxygen atoms in total. The molecule has 7 heteroatoms. The largest absolute Gasteiger partial charge is 0.480 e. The lowest BCUT2D eigenvalue weighted by Gasteiger charge is -2.62. The summed E-state index contributed by atoms with van der Waals surface area (Å²) in [6, 6.07) is -0.862. The van der Waals surface area contributed by atoms with Gasteiger partial charge in [0.1, 0.15) is 6.04 Å². The first-order chi connectivity index (χ1) is 17.0. The SMILES string of the molecule is C[C@H](CCC(=O)N[C@@H](CCCN)C(=O)O)[C@H]1CC[C@H]2[C@@H]3[C@H](O)C[C@@H]4C[C@H](O)CC[C@]4(C)[C@H]3CC[C@]12C. The van der Waals surface area contributed by atoms with Gasteiger partial charge in [-0.1, -0.05) is 20.8 Å². The summed E-state index contributed by atoms with van der Waals surface area (Å²) >= 11 is 0. The zero-order valence-electron chi connectivity index (χ0n) is 22.6. The van der Waals surface area contributed by atoms with Crippen molar-refractivity contribution >= 4 is 11.9 Å². The van der Waals surface area contributed by atoms with Gasteiger partial charge in [-0.25, -0.2) is 4.79 Å². The van der Waals surface area contributed by atoms with Gasteiger partial charge >= 0.3 is 5.97 Å². The molecule has 0 aromatic rings. The highest BCUT2D eigenvalue weighted by molar-refractivity contribution is 5.83. The number of carbonyl (C=O) groups is 2. The van der Waals surface area contributed by atoms with E-state index in [1.807, 2.05) is 0 Å². The molecule has 206 valence electrons. The van der Waals surface area contributed by atoms with Crippen LogP contribution >= 0.6 is 0 Å². The number of carboxylic acids is 1. The topological polar surface area (TPSA) is 133 Å². The van der Waals surface area contributed by atoms with Crippen LogP contribution in [-0.2, 0) is 9.59 Å². The smallest absolute Gasteiger partial charge is 0.326 e. The van der Waals surface area contributed by atoms with Crippen LogP contribution in [-0.4, -0.2) is 52.0 Å². The van der Waals surface area contributed by atoms with Crippen molar-refractivity contribution in [3.05, 3.63) is 0 Å². The van der Waals surface area contributed by atoms with Crippen molar-refractivity contribution in [1.82, 2.24) is 5.32 Å². The van der Waals surface area contributed by atoms with Gasteiger partial charge in [-0.15, -0.1) is 0 Å². The van der Waals surface area contributed by atoms with Crippen LogP contribution in [0.25, 0.3) is 0 Å². The normalized spacial score (nSPS) is 43.6. The Morgan fingerprint density at radius 3 is 2.39 bits per heavy atom. The predicted octanol–water partition coefficient (Wildman–Crippen LogP) is 3.70. The van der Waals surface area contributed by atoms with Crippen molar-refractivity contribution in [2.45, 2.75) is 116 Å². The predicted molar refractivity (Wildman–Crippen MR) is 139 cm³/mol. The first kappa shape index (κ1) is 27.8. The summed E-state index contributed by atoms with van der Waals surface area (Å²) in [7, 11) is 0. The molecule has 4 rings (SSSR count). The van der Waals surface area contributed by atoms with Crippen LogP contribution < -0.4 is 11.1 Å². The van der Waals surface area contributed by atoms with Gasteiger partial charge in [0.25, 0.3) is 0 Å². The number of aliphatic hydroxyl groups is 2. The fraction of sp³-hybridized carbons (Fsp3) is 0.931. The van der Waals surface area contributed by atoms with E-state index in [0.29, 0.717) is 61.3 Å². The molecular formula is C29H50N2O5. The molecule has 1 amide bonds. The van der Waals surface area contributed by atoms with Crippen molar-refractivity contribution in [1.29, 1.82) is 0 Å². The molecule has 0 aliphatic heterocycles. The van der Waals surface area contributed by atoms with Gasteiger partial charge in [0, 0.05) is 6.42 Å². The Balaban J connectivity index is 1.39. The number of carboxylic acid groups (broad SMARTS) is 1. The van der Waals surface area contributed by atoms with E-state index in [-0.39, 0.29) is 28.9 Å². The Morgan fingerprint density at radius 2 is 1.69 bits per heavy atom. The lowest BCUT2D eigenvalue weighted by molar-refractivity contribution is -0.174. The molecule has 0 aromatic heterocycles. The summed E-state index contributed by atoms with van der Waals surface area (Å²) in [6.45, 7) is 7.57. The number of carbonyl (C=O) groups excluding carboxylic acids is 1. The van der Waals surface area contributed by atoms with Crippen molar-refractivity contribution in [3.8, 4) is 0 Å². The standard InChI is InChI=1S/C29H50N2O5/c1-17(6-9-25(34)31-23(27(35)36)5-4-14-30)20-7-8-21-26-22(11-13-29(20,21)3)28(2)12-10-19(32)15-18(28)16-24(26)33/h17-24,26,32-33H,4-16,30H2,1-3H3,(H,31,34)(H,35,36)/t17-,18+,19-,20-,21+,22+,23+,24-,26+,28+,29-/m1/s1. The van der Waals surface area contributed by atoms with Gasteiger partial charge in [-0.05, 0) is 124 Å². The minimum atomic E-state index is -0.998. The van der Waals surface area contributed by atoms with E-state index in [1.165, 1.54) is 6.42 Å².